The van der Waals surface area contributed by atoms with Crippen molar-refractivity contribution in [2.45, 2.75) is 32.3 Å². The van der Waals surface area contributed by atoms with Gasteiger partial charge in [0.2, 0.25) is 0 Å². The van der Waals surface area contributed by atoms with Crippen molar-refractivity contribution in [3.8, 4) is 0 Å². The van der Waals surface area contributed by atoms with E-state index in [0.717, 1.165) is 0 Å². The first-order valence-electron chi connectivity index (χ1n) is 6.58. The fourth-order valence-electron chi connectivity index (χ4n) is 4.14. The molecule has 2 bridgehead atoms. The van der Waals surface area contributed by atoms with Crippen LogP contribution in [0.4, 0.5) is 0 Å². The highest BCUT2D eigenvalue weighted by Crippen LogP contribution is 2.58. The Hall–Kier alpha value is -1.43. The SMILES string of the molecule is COC(=O)C1C2C(=O)CC(O)(CC2(C)C)C1C(=O)OC. The summed E-state index contributed by atoms with van der Waals surface area (Å²) in [5, 5.41) is 10.8. The lowest BCUT2D eigenvalue weighted by atomic mass is 9.47. The molecule has 0 aromatic heterocycles. The Morgan fingerprint density at radius 2 is 1.75 bits per heavy atom. The number of fused-ring (bicyclic) bond motifs is 3. The molecule has 3 aliphatic rings. The molecular formula is C14H20O6. The summed E-state index contributed by atoms with van der Waals surface area (Å²) >= 11 is 0. The standard InChI is InChI=1S/C14H20O6/c1-13(2)6-14(18)5-7(15)9(13)8(11(16)19-3)10(14)12(17)20-4/h8-10,18H,5-6H2,1-4H3. The summed E-state index contributed by atoms with van der Waals surface area (Å²) in [6.45, 7) is 3.65. The average molecular weight is 284 g/mol. The van der Waals surface area contributed by atoms with E-state index in [1.165, 1.54) is 14.2 Å². The summed E-state index contributed by atoms with van der Waals surface area (Å²) in [7, 11) is 2.41. The minimum Gasteiger partial charge on any atom is -0.469 e. The van der Waals surface area contributed by atoms with Crippen LogP contribution in [0, 0.1) is 23.2 Å². The van der Waals surface area contributed by atoms with Crippen LogP contribution in [-0.4, -0.2) is 42.6 Å². The van der Waals surface area contributed by atoms with Gasteiger partial charge in [-0.25, -0.2) is 0 Å². The maximum atomic E-state index is 12.2. The molecule has 0 spiro atoms. The molecule has 0 heterocycles. The zero-order chi connectivity index (χ0) is 15.3. The fourth-order valence-corrected chi connectivity index (χ4v) is 4.14. The van der Waals surface area contributed by atoms with Gasteiger partial charge in [-0.1, -0.05) is 13.8 Å². The molecular weight excluding hydrogens is 264 g/mol. The van der Waals surface area contributed by atoms with Crippen LogP contribution in [0.15, 0.2) is 0 Å². The zero-order valence-electron chi connectivity index (χ0n) is 12.1. The van der Waals surface area contributed by atoms with Gasteiger partial charge in [-0.3, -0.25) is 14.4 Å². The quantitative estimate of drug-likeness (QED) is 0.734. The number of carbonyl (C=O) groups excluding carboxylic acids is 3. The fraction of sp³-hybridized carbons (Fsp3) is 0.786. The molecule has 1 N–H and O–H groups in total. The first-order valence-corrected chi connectivity index (χ1v) is 6.58. The molecule has 3 saturated carbocycles. The number of esters is 2. The maximum absolute atomic E-state index is 12.2. The largest absolute Gasteiger partial charge is 0.469 e. The van der Waals surface area contributed by atoms with Crippen LogP contribution in [0.2, 0.25) is 0 Å². The predicted octanol–water partition coefficient (Wildman–Crippen LogP) is 0.315. The van der Waals surface area contributed by atoms with Crippen LogP contribution in [0.1, 0.15) is 26.7 Å². The maximum Gasteiger partial charge on any atom is 0.312 e. The molecule has 0 aromatic carbocycles. The van der Waals surface area contributed by atoms with Gasteiger partial charge in [0.15, 0.2) is 0 Å². The van der Waals surface area contributed by atoms with Crippen molar-refractivity contribution in [3.63, 3.8) is 0 Å². The summed E-state index contributed by atoms with van der Waals surface area (Å²) in [4.78, 5) is 36.3. The molecule has 112 valence electrons. The van der Waals surface area contributed by atoms with E-state index in [-0.39, 0.29) is 18.6 Å². The van der Waals surface area contributed by atoms with Crippen LogP contribution in [0.3, 0.4) is 0 Å². The zero-order valence-corrected chi connectivity index (χ0v) is 12.1. The number of ether oxygens (including phenoxy) is 2. The van der Waals surface area contributed by atoms with Gasteiger partial charge in [-0.05, 0) is 11.8 Å². The normalized spacial score (nSPS) is 38.5. The third-order valence-electron chi connectivity index (χ3n) is 4.66. The van der Waals surface area contributed by atoms with E-state index in [1.807, 2.05) is 13.8 Å². The van der Waals surface area contributed by atoms with Gasteiger partial charge >= 0.3 is 11.9 Å². The van der Waals surface area contributed by atoms with Gasteiger partial charge in [0.05, 0.1) is 31.7 Å². The Morgan fingerprint density at radius 1 is 1.20 bits per heavy atom. The second kappa shape index (κ2) is 4.55. The minimum absolute atomic E-state index is 0.117. The van der Waals surface area contributed by atoms with Gasteiger partial charge < -0.3 is 14.6 Å². The summed E-state index contributed by atoms with van der Waals surface area (Å²) in [6.07, 6.45) is 0.165. The molecule has 6 heteroatoms. The van der Waals surface area contributed by atoms with Crippen molar-refractivity contribution in [3.05, 3.63) is 0 Å². The number of rotatable bonds is 2. The van der Waals surface area contributed by atoms with Crippen molar-refractivity contribution >= 4 is 17.7 Å². The first kappa shape index (κ1) is 15.0. The molecule has 0 aliphatic heterocycles. The summed E-state index contributed by atoms with van der Waals surface area (Å²) < 4.78 is 9.46. The highest BCUT2D eigenvalue weighted by Gasteiger charge is 2.67. The molecule has 6 nitrogen and oxygen atoms in total. The molecule has 0 aromatic rings. The average Bonchev–Trinajstić information content (AvgIpc) is 2.33. The van der Waals surface area contributed by atoms with E-state index in [2.05, 4.69) is 0 Å². The van der Waals surface area contributed by atoms with E-state index in [1.54, 1.807) is 0 Å². The second-order valence-electron chi connectivity index (χ2n) is 6.44. The van der Waals surface area contributed by atoms with E-state index in [9.17, 15) is 19.5 Å². The summed E-state index contributed by atoms with van der Waals surface area (Å²) in [6, 6.07) is 0. The minimum atomic E-state index is -1.54. The third kappa shape index (κ3) is 1.93. The number of hydrogen-bond donors (Lipinski definition) is 1. The number of carbonyl (C=O) groups is 3. The highest BCUT2D eigenvalue weighted by molar-refractivity contribution is 5.95. The Labute approximate surface area is 117 Å². The molecule has 0 saturated heterocycles. The van der Waals surface area contributed by atoms with Gasteiger partial charge in [0.25, 0.3) is 0 Å². The summed E-state index contributed by atoms with van der Waals surface area (Å²) in [5.41, 5.74) is -2.10. The van der Waals surface area contributed by atoms with Crippen LogP contribution >= 0.6 is 0 Å². The van der Waals surface area contributed by atoms with Gasteiger partial charge in [-0.2, -0.15) is 0 Å². The molecule has 20 heavy (non-hydrogen) atoms. The first-order chi connectivity index (χ1) is 9.18. The van der Waals surface area contributed by atoms with Crippen molar-refractivity contribution in [1.29, 1.82) is 0 Å². The Morgan fingerprint density at radius 3 is 2.20 bits per heavy atom. The van der Waals surface area contributed by atoms with Crippen LogP contribution < -0.4 is 0 Å². The molecule has 3 aliphatic carbocycles. The predicted molar refractivity (Wildman–Crippen MR) is 67.5 cm³/mol. The van der Waals surface area contributed by atoms with Gasteiger partial charge in [0.1, 0.15) is 5.78 Å². The van der Waals surface area contributed by atoms with E-state index in [4.69, 9.17) is 9.47 Å². The van der Waals surface area contributed by atoms with Crippen LogP contribution in [0.25, 0.3) is 0 Å². The lowest BCUT2D eigenvalue weighted by molar-refractivity contribution is -0.211. The van der Waals surface area contributed by atoms with Crippen LogP contribution in [0.5, 0.6) is 0 Å². The van der Waals surface area contributed by atoms with Crippen LogP contribution in [-0.2, 0) is 23.9 Å². The highest BCUT2D eigenvalue weighted by atomic mass is 16.5. The van der Waals surface area contributed by atoms with Gasteiger partial charge in [-0.15, -0.1) is 0 Å². The molecule has 3 rings (SSSR count). The molecule has 4 unspecified atom stereocenters. The smallest absolute Gasteiger partial charge is 0.312 e. The van der Waals surface area contributed by atoms with Crippen molar-refractivity contribution in [2.75, 3.05) is 14.2 Å². The number of ketones is 1. The Kier molecular flexibility index (Phi) is 3.40. The monoisotopic (exact) mass is 284 g/mol. The Balaban J connectivity index is 2.55. The molecule has 3 fully saturated rings. The Bertz CT molecular complexity index is 468. The topological polar surface area (TPSA) is 89.9 Å². The third-order valence-corrected chi connectivity index (χ3v) is 4.66. The van der Waals surface area contributed by atoms with E-state index >= 15 is 0 Å². The molecule has 0 amide bonds. The number of hydrogen-bond acceptors (Lipinski definition) is 6. The summed E-state index contributed by atoms with van der Waals surface area (Å²) in [5.74, 6) is -4.17. The molecule has 0 radical (unpaired) electrons. The van der Waals surface area contributed by atoms with Gasteiger partial charge in [0, 0.05) is 12.3 Å². The van der Waals surface area contributed by atoms with Crippen molar-refractivity contribution in [2.24, 2.45) is 23.2 Å². The number of Topliss-reactive ketones (excluding diaryl/α,β-unsaturated/α-hetero) is 1. The lowest BCUT2D eigenvalue weighted by Crippen LogP contribution is -2.67. The van der Waals surface area contributed by atoms with Crippen molar-refractivity contribution in [1.82, 2.24) is 0 Å². The number of methoxy groups -OCH3 is 2. The number of aliphatic hydroxyl groups is 1. The lowest BCUT2D eigenvalue weighted by Gasteiger charge is -2.57. The molecule has 4 atom stereocenters. The van der Waals surface area contributed by atoms with E-state index in [0.29, 0.717) is 0 Å². The van der Waals surface area contributed by atoms with Crippen molar-refractivity contribution < 1.29 is 29.0 Å². The second-order valence-corrected chi connectivity index (χ2v) is 6.44. The van der Waals surface area contributed by atoms with E-state index < -0.39 is 40.7 Å².